The summed E-state index contributed by atoms with van der Waals surface area (Å²) in [7, 11) is 0. The Morgan fingerprint density at radius 3 is 3.00 bits per heavy atom. The molecule has 2 rings (SSSR count). The molecule has 1 heterocycles. The number of benzene rings is 1. The van der Waals surface area contributed by atoms with Gasteiger partial charge in [0.15, 0.2) is 11.5 Å². The summed E-state index contributed by atoms with van der Waals surface area (Å²) in [5.41, 5.74) is 0.785. The zero-order chi connectivity index (χ0) is 14.4. The highest BCUT2D eigenvalue weighted by Gasteiger charge is 2.14. The summed E-state index contributed by atoms with van der Waals surface area (Å²) in [6.07, 6.45) is 5.56. The average Bonchev–Trinajstić information content (AvgIpc) is 2.68. The molecule has 1 aromatic rings. The Bertz CT molecular complexity index is 540. The molecule has 1 aliphatic rings. The van der Waals surface area contributed by atoms with Crippen molar-refractivity contribution in [1.82, 2.24) is 5.32 Å². The first-order valence-electron chi connectivity index (χ1n) is 6.36. The lowest BCUT2D eigenvalue weighted by atomic mass is 10.2. The van der Waals surface area contributed by atoms with Crippen molar-refractivity contribution in [3.63, 3.8) is 0 Å². The molecule has 1 aromatic carbocycles. The van der Waals surface area contributed by atoms with E-state index in [1.165, 1.54) is 6.08 Å². The molecule has 0 spiro atoms. The maximum absolute atomic E-state index is 11.5. The van der Waals surface area contributed by atoms with Crippen LogP contribution in [0.5, 0.6) is 11.5 Å². The number of halogens is 1. The van der Waals surface area contributed by atoms with E-state index in [2.05, 4.69) is 11.9 Å². The van der Waals surface area contributed by atoms with Crippen molar-refractivity contribution < 1.29 is 14.3 Å². The van der Waals surface area contributed by atoms with Crippen LogP contribution in [-0.2, 0) is 4.79 Å². The van der Waals surface area contributed by atoms with Gasteiger partial charge in [0.25, 0.3) is 0 Å². The predicted octanol–water partition coefficient (Wildman–Crippen LogP) is 2.82. The average molecular weight is 294 g/mol. The number of hydrogen-bond acceptors (Lipinski definition) is 3. The molecule has 0 aliphatic carbocycles. The molecule has 0 atom stereocenters. The van der Waals surface area contributed by atoms with Crippen molar-refractivity contribution in [2.24, 2.45) is 0 Å². The lowest BCUT2D eigenvalue weighted by Gasteiger charge is -2.09. The zero-order valence-corrected chi connectivity index (χ0v) is 11.8. The Balaban J connectivity index is 2.15. The van der Waals surface area contributed by atoms with Crippen LogP contribution in [0.2, 0.25) is 5.02 Å². The van der Waals surface area contributed by atoms with Crippen molar-refractivity contribution in [2.45, 2.75) is 6.42 Å². The van der Waals surface area contributed by atoms with Gasteiger partial charge >= 0.3 is 0 Å². The first kappa shape index (κ1) is 14.5. The number of nitrogens with one attached hydrogen (secondary N) is 1. The van der Waals surface area contributed by atoms with Gasteiger partial charge in [0, 0.05) is 19.0 Å². The Morgan fingerprint density at radius 2 is 2.20 bits per heavy atom. The quantitative estimate of drug-likeness (QED) is 0.686. The largest absolute Gasteiger partial charge is 0.489 e. The highest BCUT2D eigenvalue weighted by molar-refractivity contribution is 6.32. The van der Waals surface area contributed by atoms with Crippen LogP contribution in [0.1, 0.15) is 12.0 Å². The van der Waals surface area contributed by atoms with Crippen LogP contribution in [0.3, 0.4) is 0 Å². The maximum Gasteiger partial charge on any atom is 0.244 e. The van der Waals surface area contributed by atoms with E-state index in [9.17, 15) is 4.79 Å². The lowest BCUT2D eigenvalue weighted by Crippen LogP contribution is -2.20. The van der Waals surface area contributed by atoms with E-state index >= 15 is 0 Å². The summed E-state index contributed by atoms with van der Waals surface area (Å²) >= 11 is 6.17. The summed E-state index contributed by atoms with van der Waals surface area (Å²) < 4.78 is 11.1. The molecule has 0 unspecified atom stereocenters. The number of carbonyl (C=O) groups excluding carboxylic acids is 1. The molecule has 1 N–H and O–H groups in total. The number of carbonyl (C=O) groups is 1. The molecule has 0 radical (unpaired) electrons. The standard InChI is InChI=1S/C15H16ClNO3/c1-2-6-17-14(18)5-4-11-9-12(16)15-13(10-11)19-7-3-8-20-15/h2,4-5,9-10H,1,3,6-8H2,(H,17,18)/b5-4+. The number of fused-ring (bicyclic) bond motifs is 1. The van der Waals surface area contributed by atoms with Crippen LogP contribution in [-0.4, -0.2) is 25.7 Å². The Kier molecular flexibility index (Phi) is 5.07. The van der Waals surface area contributed by atoms with Gasteiger partial charge in [-0.25, -0.2) is 0 Å². The van der Waals surface area contributed by atoms with Crippen LogP contribution >= 0.6 is 11.6 Å². The zero-order valence-electron chi connectivity index (χ0n) is 11.0. The highest BCUT2D eigenvalue weighted by Crippen LogP contribution is 2.38. The first-order chi connectivity index (χ1) is 9.70. The topological polar surface area (TPSA) is 47.6 Å². The van der Waals surface area contributed by atoms with Crippen molar-refractivity contribution in [3.8, 4) is 11.5 Å². The van der Waals surface area contributed by atoms with Gasteiger partial charge in [-0.3, -0.25) is 4.79 Å². The number of rotatable bonds is 4. The molecular weight excluding hydrogens is 278 g/mol. The van der Waals surface area contributed by atoms with Crippen molar-refractivity contribution in [2.75, 3.05) is 19.8 Å². The van der Waals surface area contributed by atoms with Gasteiger partial charge < -0.3 is 14.8 Å². The van der Waals surface area contributed by atoms with E-state index in [4.69, 9.17) is 21.1 Å². The number of hydrogen-bond donors (Lipinski definition) is 1. The third kappa shape index (κ3) is 3.78. The summed E-state index contributed by atoms with van der Waals surface area (Å²) in [6.45, 7) is 5.15. The molecule has 0 saturated heterocycles. The van der Waals surface area contributed by atoms with Gasteiger partial charge in [0.2, 0.25) is 5.91 Å². The summed E-state index contributed by atoms with van der Waals surface area (Å²) in [5, 5.41) is 3.14. The Hall–Kier alpha value is -1.94. The SMILES string of the molecule is C=CCNC(=O)/C=C/c1cc(Cl)c2c(c1)OCCCO2. The Morgan fingerprint density at radius 1 is 1.40 bits per heavy atom. The molecule has 106 valence electrons. The van der Waals surface area contributed by atoms with Gasteiger partial charge in [-0.05, 0) is 23.8 Å². The van der Waals surface area contributed by atoms with Gasteiger partial charge in [-0.2, -0.15) is 0 Å². The van der Waals surface area contributed by atoms with Crippen molar-refractivity contribution >= 4 is 23.6 Å². The van der Waals surface area contributed by atoms with E-state index in [0.29, 0.717) is 36.3 Å². The minimum Gasteiger partial charge on any atom is -0.489 e. The molecule has 0 aromatic heterocycles. The van der Waals surface area contributed by atoms with E-state index in [1.54, 1.807) is 18.2 Å². The smallest absolute Gasteiger partial charge is 0.244 e. The third-order valence-corrected chi connectivity index (χ3v) is 2.95. The minimum atomic E-state index is -0.187. The molecule has 4 nitrogen and oxygen atoms in total. The fourth-order valence-corrected chi connectivity index (χ4v) is 2.02. The van der Waals surface area contributed by atoms with Crippen LogP contribution < -0.4 is 14.8 Å². The predicted molar refractivity (Wildman–Crippen MR) is 79.3 cm³/mol. The molecule has 5 heteroatoms. The summed E-state index contributed by atoms with van der Waals surface area (Å²) in [4.78, 5) is 11.5. The molecule has 0 saturated carbocycles. The molecule has 0 bridgehead atoms. The molecular formula is C15H16ClNO3. The normalized spacial score (nSPS) is 13.8. The third-order valence-electron chi connectivity index (χ3n) is 2.67. The second-order valence-electron chi connectivity index (χ2n) is 4.25. The van der Waals surface area contributed by atoms with Gasteiger partial charge in [0.05, 0.1) is 18.2 Å². The van der Waals surface area contributed by atoms with Gasteiger partial charge in [-0.15, -0.1) is 6.58 Å². The highest BCUT2D eigenvalue weighted by atomic mass is 35.5. The monoisotopic (exact) mass is 293 g/mol. The fraction of sp³-hybridized carbons (Fsp3) is 0.267. The summed E-state index contributed by atoms with van der Waals surface area (Å²) in [5.74, 6) is 0.992. The van der Waals surface area contributed by atoms with Gasteiger partial charge in [-0.1, -0.05) is 17.7 Å². The molecule has 20 heavy (non-hydrogen) atoms. The molecule has 1 amide bonds. The van der Waals surface area contributed by atoms with E-state index < -0.39 is 0 Å². The molecule has 0 fully saturated rings. The second-order valence-corrected chi connectivity index (χ2v) is 4.65. The van der Waals surface area contributed by atoms with Crippen LogP contribution in [0.15, 0.2) is 30.9 Å². The second kappa shape index (κ2) is 7.01. The fourth-order valence-electron chi connectivity index (χ4n) is 1.75. The number of amides is 1. The number of ether oxygens (including phenoxy) is 2. The minimum absolute atomic E-state index is 0.187. The van der Waals surface area contributed by atoms with Gasteiger partial charge in [0.1, 0.15) is 0 Å². The Labute approximate surface area is 123 Å². The van der Waals surface area contributed by atoms with Crippen LogP contribution in [0.4, 0.5) is 0 Å². The maximum atomic E-state index is 11.5. The summed E-state index contributed by atoms with van der Waals surface area (Å²) in [6, 6.07) is 3.55. The van der Waals surface area contributed by atoms with Crippen molar-refractivity contribution in [1.29, 1.82) is 0 Å². The first-order valence-corrected chi connectivity index (χ1v) is 6.74. The van der Waals surface area contributed by atoms with Crippen molar-refractivity contribution in [3.05, 3.63) is 41.4 Å². The van der Waals surface area contributed by atoms with E-state index in [0.717, 1.165) is 12.0 Å². The lowest BCUT2D eigenvalue weighted by molar-refractivity contribution is -0.116. The van der Waals surface area contributed by atoms with Crippen LogP contribution in [0, 0.1) is 0 Å². The molecule has 1 aliphatic heterocycles. The van der Waals surface area contributed by atoms with Crippen LogP contribution in [0.25, 0.3) is 6.08 Å². The van der Waals surface area contributed by atoms with E-state index in [1.807, 2.05) is 6.07 Å². The van der Waals surface area contributed by atoms with E-state index in [-0.39, 0.29) is 5.91 Å².